The summed E-state index contributed by atoms with van der Waals surface area (Å²) in [5, 5.41) is 2.87. The van der Waals surface area contributed by atoms with Gasteiger partial charge in [-0.15, -0.1) is 0 Å². The van der Waals surface area contributed by atoms with E-state index in [1.54, 1.807) is 42.5 Å². The molecule has 0 saturated heterocycles. The predicted molar refractivity (Wildman–Crippen MR) is 91.2 cm³/mol. The fourth-order valence-electron chi connectivity index (χ4n) is 2.24. The Bertz CT molecular complexity index is 885. The molecule has 0 aliphatic rings. The first kappa shape index (κ1) is 17.7. The van der Waals surface area contributed by atoms with Crippen molar-refractivity contribution in [2.24, 2.45) is 0 Å². The second-order valence-electron chi connectivity index (χ2n) is 5.26. The summed E-state index contributed by atoms with van der Waals surface area (Å²) in [6, 6.07) is 12.6. The molecule has 1 aromatic carbocycles. The molecule has 3 aromatic rings. The zero-order chi connectivity index (χ0) is 18.6. The summed E-state index contributed by atoms with van der Waals surface area (Å²) in [7, 11) is 0. The van der Waals surface area contributed by atoms with Gasteiger partial charge >= 0.3 is 6.18 Å². The van der Waals surface area contributed by atoms with E-state index in [-0.39, 0.29) is 17.3 Å². The number of alkyl halides is 3. The van der Waals surface area contributed by atoms with E-state index in [0.29, 0.717) is 18.0 Å². The Morgan fingerprint density at radius 1 is 1.04 bits per heavy atom. The SMILES string of the molecule is CCOc1cccc(Nc2cc(C(F)(F)F)nc(-c3ccccn3)n2)c1. The lowest BCUT2D eigenvalue weighted by Crippen LogP contribution is -2.11. The number of aromatic nitrogens is 3. The van der Waals surface area contributed by atoms with Gasteiger partial charge in [0.15, 0.2) is 11.5 Å². The molecule has 0 radical (unpaired) electrons. The highest BCUT2D eigenvalue weighted by atomic mass is 19.4. The number of nitrogens with zero attached hydrogens (tertiary/aromatic N) is 3. The van der Waals surface area contributed by atoms with Gasteiger partial charge in [0.2, 0.25) is 0 Å². The van der Waals surface area contributed by atoms with Crippen LogP contribution in [0.1, 0.15) is 12.6 Å². The molecule has 0 amide bonds. The molecule has 0 saturated carbocycles. The van der Waals surface area contributed by atoms with Crippen molar-refractivity contribution in [1.82, 2.24) is 15.0 Å². The number of rotatable bonds is 5. The quantitative estimate of drug-likeness (QED) is 0.715. The lowest BCUT2D eigenvalue weighted by atomic mass is 10.2. The van der Waals surface area contributed by atoms with E-state index >= 15 is 0 Å². The van der Waals surface area contributed by atoms with Crippen LogP contribution >= 0.6 is 0 Å². The number of nitrogens with one attached hydrogen (secondary N) is 1. The Labute approximate surface area is 147 Å². The summed E-state index contributed by atoms with van der Waals surface area (Å²) >= 11 is 0. The van der Waals surface area contributed by atoms with Crippen molar-refractivity contribution < 1.29 is 17.9 Å². The first-order valence-electron chi connectivity index (χ1n) is 7.83. The van der Waals surface area contributed by atoms with Gasteiger partial charge in [-0.25, -0.2) is 9.97 Å². The summed E-state index contributed by atoms with van der Waals surface area (Å²) in [4.78, 5) is 11.8. The van der Waals surface area contributed by atoms with Gasteiger partial charge in [0.25, 0.3) is 0 Å². The van der Waals surface area contributed by atoms with Crippen molar-refractivity contribution in [1.29, 1.82) is 0 Å². The number of hydrogen-bond acceptors (Lipinski definition) is 5. The third-order valence-corrected chi connectivity index (χ3v) is 3.33. The molecule has 5 nitrogen and oxygen atoms in total. The summed E-state index contributed by atoms with van der Waals surface area (Å²) in [5.41, 5.74) is -0.240. The molecule has 1 N–H and O–H groups in total. The zero-order valence-corrected chi connectivity index (χ0v) is 13.8. The molecule has 8 heteroatoms. The largest absolute Gasteiger partial charge is 0.494 e. The molecule has 134 valence electrons. The first-order valence-corrected chi connectivity index (χ1v) is 7.83. The molecular weight excluding hydrogens is 345 g/mol. The van der Waals surface area contributed by atoms with Gasteiger partial charge < -0.3 is 10.1 Å². The van der Waals surface area contributed by atoms with Gasteiger partial charge in [0.1, 0.15) is 17.3 Å². The third kappa shape index (κ3) is 4.27. The smallest absolute Gasteiger partial charge is 0.433 e. The van der Waals surface area contributed by atoms with Crippen molar-refractivity contribution in [3.8, 4) is 17.3 Å². The van der Waals surface area contributed by atoms with Gasteiger partial charge in [-0.3, -0.25) is 4.98 Å². The summed E-state index contributed by atoms with van der Waals surface area (Å²) in [6.07, 6.45) is -3.13. The molecule has 0 unspecified atom stereocenters. The van der Waals surface area contributed by atoms with E-state index in [1.807, 2.05) is 6.92 Å². The van der Waals surface area contributed by atoms with Crippen LogP contribution < -0.4 is 10.1 Å². The van der Waals surface area contributed by atoms with E-state index in [4.69, 9.17) is 4.74 Å². The Morgan fingerprint density at radius 2 is 1.88 bits per heavy atom. The Balaban J connectivity index is 1.99. The predicted octanol–water partition coefficient (Wildman–Crippen LogP) is 4.70. The molecular formula is C18H15F3N4O. The van der Waals surface area contributed by atoms with Crippen LogP contribution in [0, 0.1) is 0 Å². The molecule has 26 heavy (non-hydrogen) atoms. The summed E-state index contributed by atoms with van der Waals surface area (Å²) < 4.78 is 45.0. The van der Waals surface area contributed by atoms with E-state index in [9.17, 15) is 13.2 Å². The van der Waals surface area contributed by atoms with Crippen LogP contribution in [0.25, 0.3) is 11.5 Å². The van der Waals surface area contributed by atoms with Gasteiger partial charge in [-0.1, -0.05) is 12.1 Å². The average molecular weight is 360 g/mol. The minimum atomic E-state index is -4.60. The van der Waals surface area contributed by atoms with Crippen LogP contribution in [0.3, 0.4) is 0 Å². The Hall–Kier alpha value is -3.16. The van der Waals surface area contributed by atoms with Crippen LogP contribution in [0.5, 0.6) is 5.75 Å². The van der Waals surface area contributed by atoms with Crippen molar-refractivity contribution in [2.75, 3.05) is 11.9 Å². The second-order valence-corrected chi connectivity index (χ2v) is 5.26. The number of pyridine rings is 1. The fraction of sp³-hybridized carbons (Fsp3) is 0.167. The van der Waals surface area contributed by atoms with Crippen LogP contribution in [0.15, 0.2) is 54.7 Å². The first-order chi connectivity index (χ1) is 12.5. The number of halogens is 3. The highest BCUT2D eigenvalue weighted by Crippen LogP contribution is 2.31. The van der Waals surface area contributed by atoms with Crippen molar-refractivity contribution in [3.63, 3.8) is 0 Å². The maximum atomic E-state index is 13.2. The van der Waals surface area contributed by atoms with E-state index in [0.717, 1.165) is 6.07 Å². The minimum absolute atomic E-state index is 0.0154. The highest BCUT2D eigenvalue weighted by molar-refractivity contribution is 5.61. The maximum Gasteiger partial charge on any atom is 0.433 e. The second kappa shape index (κ2) is 7.38. The molecule has 0 bridgehead atoms. The van der Waals surface area contributed by atoms with Gasteiger partial charge in [0.05, 0.1) is 6.61 Å². The van der Waals surface area contributed by atoms with Crippen LogP contribution in [-0.4, -0.2) is 21.6 Å². The third-order valence-electron chi connectivity index (χ3n) is 3.33. The van der Waals surface area contributed by atoms with Gasteiger partial charge in [-0.2, -0.15) is 13.2 Å². The fourth-order valence-corrected chi connectivity index (χ4v) is 2.24. The van der Waals surface area contributed by atoms with E-state index in [1.165, 1.54) is 6.20 Å². The lowest BCUT2D eigenvalue weighted by molar-refractivity contribution is -0.141. The lowest BCUT2D eigenvalue weighted by Gasteiger charge is -2.12. The highest BCUT2D eigenvalue weighted by Gasteiger charge is 2.34. The zero-order valence-electron chi connectivity index (χ0n) is 13.8. The molecule has 2 heterocycles. The van der Waals surface area contributed by atoms with Gasteiger partial charge in [0, 0.05) is 24.0 Å². The normalized spacial score (nSPS) is 11.2. The van der Waals surface area contributed by atoms with Crippen LogP contribution in [0.2, 0.25) is 0 Å². The van der Waals surface area contributed by atoms with Crippen molar-refractivity contribution in [3.05, 3.63) is 60.4 Å². The Kier molecular flexibility index (Phi) is 5.01. The molecule has 2 aromatic heterocycles. The standard InChI is InChI=1S/C18H15F3N4O/c1-2-26-13-7-5-6-12(10-13)23-16-11-15(18(19,20)21)24-17(25-16)14-8-3-4-9-22-14/h3-11H,2H2,1H3,(H,23,24,25). The van der Waals surface area contributed by atoms with Crippen LogP contribution in [0.4, 0.5) is 24.7 Å². The van der Waals surface area contributed by atoms with Crippen molar-refractivity contribution >= 4 is 11.5 Å². The molecule has 0 spiro atoms. The molecule has 3 rings (SSSR count). The molecule has 0 atom stereocenters. The van der Waals surface area contributed by atoms with Gasteiger partial charge in [-0.05, 0) is 31.2 Å². The van der Waals surface area contributed by atoms with E-state index < -0.39 is 11.9 Å². The number of benzene rings is 1. The Morgan fingerprint density at radius 3 is 2.58 bits per heavy atom. The number of anilines is 2. The van der Waals surface area contributed by atoms with Crippen LogP contribution in [-0.2, 0) is 6.18 Å². The maximum absolute atomic E-state index is 13.2. The number of ether oxygens (including phenoxy) is 1. The monoisotopic (exact) mass is 360 g/mol. The molecule has 0 fully saturated rings. The van der Waals surface area contributed by atoms with Crippen molar-refractivity contribution in [2.45, 2.75) is 13.1 Å². The summed E-state index contributed by atoms with van der Waals surface area (Å²) in [6.45, 7) is 2.33. The molecule has 0 aliphatic carbocycles. The van der Waals surface area contributed by atoms with E-state index in [2.05, 4.69) is 20.3 Å². The minimum Gasteiger partial charge on any atom is -0.494 e. The molecule has 0 aliphatic heterocycles. The number of hydrogen-bond donors (Lipinski definition) is 1. The average Bonchev–Trinajstić information content (AvgIpc) is 2.62. The topological polar surface area (TPSA) is 59.9 Å². The summed E-state index contributed by atoms with van der Waals surface area (Å²) in [5.74, 6) is 0.512.